The van der Waals surface area contributed by atoms with E-state index < -0.39 is 0 Å². The van der Waals surface area contributed by atoms with E-state index in [1.54, 1.807) is 0 Å². The molecule has 1 aromatic heterocycles. The van der Waals surface area contributed by atoms with E-state index in [1.807, 2.05) is 24.5 Å². The van der Waals surface area contributed by atoms with Gasteiger partial charge in [-0.15, -0.1) is 0 Å². The molecule has 2 heterocycles. The smallest absolute Gasteiger partial charge is 0.134 e. The number of rotatable bonds is 3. The van der Waals surface area contributed by atoms with Gasteiger partial charge in [0.1, 0.15) is 5.58 Å². The van der Waals surface area contributed by atoms with Crippen LogP contribution in [0.1, 0.15) is 18.0 Å². The summed E-state index contributed by atoms with van der Waals surface area (Å²) in [5.74, 6) is 0. The van der Waals surface area contributed by atoms with Crippen molar-refractivity contribution < 1.29 is 9.15 Å². The Hall–Kier alpha value is -1.36. The third kappa shape index (κ3) is 2.52. The first-order valence-corrected chi connectivity index (χ1v) is 6.88. The number of fused-ring (bicyclic) bond motifs is 1. The van der Waals surface area contributed by atoms with Crippen LogP contribution in [0.2, 0.25) is 0 Å². The highest BCUT2D eigenvalue weighted by atomic mass is 16.5. The van der Waals surface area contributed by atoms with Gasteiger partial charge in [-0.05, 0) is 12.5 Å². The summed E-state index contributed by atoms with van der Waals surface area (Å²) in [6.45, 7) is 4.19. The molecule has 19 heavy (non-hydrogen) atoms. The summed E-state index contributed by atoms with van der Waals surface area (Å²) in [7, 11) is 0. The Morgan fingerprint density at radius 3 is 3.00 bits per heavy atom. The summed E-state index contributed by atoms with van der Waals surface area (Å²) < 4.78 is 11.2. The SMILES string of the molecule is NCC(c1coc2ccccc12)N1CCCOCC1. The number of para-hydroxylation sites is 1. The van der Waals surface area contributed by atoms with Crippen LogP contribution in [0.4, 0.5) is 0 Å². The van der Waals surface area contributed by atoms with Crippen molar-refractivity contribution >= 4 is 11.0 Å². The Kier molecular flexibility index (Phi) is 3.82. The number of nitrogens with two attached hydrogens (primary N) is 1. The maximum atomic E-state index is 6.01. The largest absolute Gasteiger partial charge is 0.464 e. The average molecular weight is 260 g/mol. The van der Waals surface area contributed by atoms with E-state index in [0.717, 1.165) is 38.3 Å². The Balaban J connectivity index is 1.92. The number of ether oxygens (including phenoxy) is 1. The monoisotopic (exact) mass is 260 g/mol. The van der Waals surface area contributed by atoms with Crippen molar-refractivity contribution in [3.8, 4) is 0 Å². The fourth-order valence-electron chi connectivity index (χ4n) is 2.81. The van der Waals surface area contributed by atoms with Gasteiger partial charge in [0.15, 0.2) is 0 Å². The normalized spacial score (nSPS) is 19.4. The summed E-state index contributed by atoms with van der Waals surface area (Å²) in [6.07, 6.45) is 2.92. The fraction of sp³-hybridized carbons (Fsp3) is 0.467. The lowest BCUT2D eigenvalue weighted by molar-refractivity contribution is 0.132. The van der Waals surface area contributed by atoms with Gasteiger partial charge in [0, 0.05) is 37.2 Å². The lowest BCUT2D eigenvalue weighted by Gasteiger charge is -2.28. The van der Waals surface area contributed by atoms with Crippen molar-refractivity contribution in [2.75, 3.05) is 32.8 Å². The van der Waals surface area contributed by atoms with Crippen LogP contribution in [0, 0.1) is 0 Å². The van der Waals surface area contributed by atoms with Gasteiger partial charge in [-0.2, -0.15) is 0 Å². The first kappa shape index (κ1) is 12.7. The Bertz CT molecular complexity index is 530. The molecule has 0 bridgehead atoms. The van der Waals surface area contributed by atoms with Gasteiger partial charge in [0.2, 0.25) is 0 Å². The molecule has 0 saturated carbocycles. The minimum Gasteiger partial charge on any atom is -0.464 e. The average Bonchev–Trinajstić information content (AvgIpc) is 2.69. The summed E-state index contributed by atoms with van der Waals surface area (Å²) >= 11 is 0. The van der Waals surface area contributed by atoms with Gasteiger partial charge >= 0.3 is 0 Å². The molecule has 0 radical (unpaired) electrons. The van der Waals surface area contributed by atoms with Crippen LogP contribution in [-0.4, -0.2) is 37.7 Å². The van der Waals surface area contributed by atoms with E-state index in [4.69, 9.17) is 14.9 Å². The molecule has 1 fully saturated rings. The Morgan fingerprint density at radius 1 is 1.21 bits per heavy atom. The van der Waals surface area contributed by atoms with Crippen molar-refractivity contribution in [1.29, 1.82) is 0 Å². The molecule has 4 heteroatoms. The molecule has 1 atom stereocenters. The second kappa shape index (κ2) is 5.74. The molecule has 0 aliphatic carbocycles. The predicted octanol–water partition coefficient (Wildman–Crippen LogP) is 2.15. The first-order valence-electron chi connectivity index (χ1n) is 6.88. The van der Waals surface area contributed by atoms with Crippen molar-refractivity contribution in [1.82, 2.24) is 4.90 Å². The van der Waals surface area contributed by atoms with Gasteiger partial charge in [-0.1, -0.05) is 18.2 Å². The molecule has 1 unspecified atom stereocenters. The van der Waals surface area contributed by atoms with E-state index in [1.165, 1.54) is 10.9 Å². The highest BCUT2D eigenvalue weighted by molar-refractivity contribution is 5.81. The van der Waals surface area contributed by atoms with Crippen molar-refractivity contribution in [2.24, 2.45) is 5.73 Å². The van der Waals surface area contributed by atoms with Gasteiger partial charge in [0.05, 0.1) is 18.9 Å². The molecule has 2 N–H and O–H groups in total. The highest BCUT2D eigenvalue weighted by Crippen LogP contribution is 2.29. The molecular weight excluding hydrogens is 240 g/mol. The maximum absolute atomic E-state index is 6.01. The number of benzene rings is 1. The van der Waals surface area contributed by atoms with Crippen LogP contribution < -0.4 is 5.73 Å². The van der Waals surface area contributed by atoms with Crippen LogP contribution >= 0.6 is 0 Å². The molecule has 0 spiro atoms. The van der Waals surface area contributed by atoms with Gasteiger partial charge in [0.25, 0.3) is 0 Å². The van der Waals surface area contributed by atoms with Crippen molar-refractivity contribution in [3.05, 3.63) is 36.1 Å². The standard InChI is InChI=1S/C15H20N2O2/c16-10-14(17-6-3-8-18-9-7-17)13-11-19-15-5-2-1-4-12(13)15/h1-2,4-5,11,14H,3,6-10,16H2. The van der Waals surface area contributed by atoms with E-state index >= 15 is 0 Å². The van der Waals surface area contributed by atoms with Crippen molar-refractivity contribution in [2.45, 2.75) is 12.5 Å². The van der Waals surface area contributed by atoms with Crippen LogP contribution in [0.15, 0.2) is 34.9 Å². The lowest BCUT2D eigenvalue weighted by atomic mass is 10.0. The number of furan rings is 1. The molecule has 1 aliphatic heterocycles. The summed E-state index contributed by atoms with van der Waals surface area (Å²) in [5.41, 5.74) is 8.14. The summed E-state index contributed by atoms with van der Waals surface area (Å²) in [4.78, 5) is 2.41. The zero-order valence-corrected chi connectivity index (χ0v) is 11.0. The Morgan fingerprint density at radius 2 is 2.11 bits per heavy atom. The zero-order valence-electron chi connectivity index (χ0n) is 11.0. The van der Waals surface area contributed by atoms with Crippen LogP contribution in [0.5, 0.6) is 0 Å². The quantitative estimate of drug-likeness (QED) is 0.918. The third-order valence-electron chi connectivity index (χ3n) is 3.79. The van der Waals surface area contributed by atoms with Gasteiger partial charge in [-0.3, -0.25) is 4.90 Å². The maximum Gasteiger partial charge on any atom is 0.134 e. The molecule has 0 amide bonds. The van der Waals surface area contributed by atoms with Crippen LogP contribution in [0.25, 0.3) is 11.0 Å². The fourth-order valence-corrected chi connectivity index (χ4v) is 2.81. The van der Waals surface area contributed by atoms with E-state index in [9.17, 15) is 0 Å². The molecule has 1 aliphatic rings. The van der Waals surface area contributed by atoms with Gasteiger partial charge in [-0.25, -0.2) is 0 Å². The molecule has 1 saturated heterocycles. The number of hydrogen-bond acceptors (Lipinski definition) is 4. The van der Waals surface area contributed by atoms with Crippen LogP contribution in [-0.2, 0) is 4.74 Å². The molecule has 3 rings (SSSR count). The minimum atomic E-state index is 0.213. The molecular formula is C15H20N2O2. The molecule has 1 aromatic carbocycles. The molecule has 102 valence electrons. The second-order valence-corrected chi connectivity index (χ2v) is 4.94. The summed E-state index contributed by atoms with van der Waals surface area (Å²) in [5, 5.41) is 1.17. The van der Waals surface area contributed by atoms with E-state index in [2.05, 4.69) is 11.0 Å². The lowest BCUT2D eigenvalue weighted by Crippen LogP contribution is -2.35. The number of nitrogens with zero attached hydrogens (tertiary/aromatic N) is 1. The van der Waals surface area contributed by atoms with E-state index in [-0.39, 0.29) is 6.04 Å². The second-order valence-electron chi connectivity index (χ2n) is 4.94. The summed E-state index contributed by atoms with van der Waals surface area (Å²) in [6, 6.07) is 8.35. The van der Waals surface area contributed by atoms with Crippen LogP contribution in [0.3, 0.4) is 0 Å². The highest BCUT2D eigenvalue weighted by Gasteiger charge is 2.23. The molecule has 4 nitrogen and oxygen atoms in total. The molecule has 2 aromatic rings. The Labute approximate surface area is 113 Å². The number of hydrogen-bond donors (Lipinski definition) is 1. The predicted molar refractivity (Wildman–Crippen MR) is 75.0 cm³/mol. The zero-order chi connectivity index (χ0) is 13.1. The topological polar surface area (TPSA) is 51.6 Å². The first-order chi connectivity index (χ1) is 9.40. The van der Waals surface area contributed by atoms with E-state index in [0.29, 0.717) is 6.54 Å². The third-order valence-corrected chi connectivity index (χ3v) is 3.79. The van der Waals surface area contributed by atoms with Crippen molar-refractivity contribution in [3.63, 3.8) is 0 Å². The minimum absolute atomic E-state index is 0.213. The van der Waals surface area contributed by atoms with Gasteiger partial charge < -0.3 is 14.9 Å².